The third-order valence-corrected chi connectivity index (χ3v) is 2.90. The monoisotopic (exact) mass is 233 g/mol. The Morgan fingerprint density at radius 2 is 2.18 bits per heavy atom. The number of aliphatic hydroxyl groups is 1. The van der Waals surface area contributed by atoms with Crippen LogP contribution in [0.5, 0.6) is 0 Å². The van der Waals surface area contributed by atoms with Crippen LogP contribution in [0.15, 0.2) is 24.3 Å². The molecule has 2 N–H and O–H groups in total. The van der Waals surface area contributed by atoms with Gasteiger partial charge in [0.05, 0.1) is 11.1 Å². The second-order valence-corrected chi connectivity index (χ2v) is 4.06. The highest BCUT2D eigenvalue weighted by Gasteiger charge is 2.13. The molecule has 0 aliphatic heterocycles. The Morgan fingerprint density at radius 3 is 2.82 bits per heavy atom. The van der Waals surface area contributed by atoms with E-state index in [0.29, 0.717) is 18.5 Å². The molecule has 0 atom stereocenters. The number of nitrogens with zero attached hydrogens (tertiary/aromatic N) is 1. The molecule has 0 aliphatic carbocycles. The van der Waals surface area contributed by atoms with Gasteiger partial charge in [-0.25, -0.2) is 4.79 Å². The summed E-state index contributed by atoms with van der Waals surface area (Å²) in [7, 11) is 0. The van der Waals surface area contributed by atoms with Crippen molar-refractivity contribution in [2.75, 3.05) is 6.61 Å². The minimum atomic E-state index is -0.918. The van der Waals surface area contributed by atoms with Crippen LogP contribution in [-0.4, -0.2) is 27.4 Å². The van der Waals surface area contributed by atoms with Crippen LogP contribution in [0.1, 0.15) is 22.5 Å². The predicted molar refractivity (Wildman–Crippen MR) is 65.3 cm³/mol. The van der Waals surface area contributed by atoms with Crippen molar-refractivity contribution < 1.29 is 15.0 Å². The van der Waals surface area contributed by atoms with E-state index in [1.807, 2.05) is 23.6 Å². The lowest BCUT2D eigenvalue weighted by molar-refractivity contribution is 0.0698. The van der Waals surface area contributed by atoms with Gasteiger partial charge in [-0.3, -0.25) is 0 Å². The number of fused-ring (bicyclic) bond motifs is 1. The second-order valence-electron chi connectivity index (χ2n) is 4.06. The topological polar surface area (TPSA) is 62.5 Å². The van der Waals surface area contributed by atoms with Gasteiger partial charge in [-0.1, -0.05) is 12.1 Å². The molecule has 0 saturated carbocycles. The van der Waals surface area contributed by atoms with Crippen LogP contribution in [0.4, 0.5) is 0 Å². The van der Waals surface area contributed by atoms with Crippen molar-refractivity contribution in [1.29, 1.82) is 0 Å². The van der Waals surface area contributed by atoms with Crippen LogP contribution < -0.4 is 0 Å². The van der Waals surface area contributed by atoms with Crippen LogP contribution in [0.2, 0.25) is 0 Å². The molecule has 0 amide bonds. The molecule has 90 valence electrons. The van der Waals surface area contributed by atoms with Gasteiger partial charge in [0.2, 0.25) is 0 Å². The Kier molecular flexibility index (Phi) is 3.15. The average Bonchev–Trinajstić information content (AvgIpc) is 2.61. The van der Waals surface area contributed by atoms with Gasteiger partial charge in [0.15, 0.2) is 0 Å². The molecule has 0 spiro atoms. The van der Waals surface area contributed by atoms with Crippen molar-refractivity contribution in [3.05, 3.63) is 35.5 Å². The van der Waals surface area contributed by atoms with E-state index < -0.39 is 5.97 Å². The SMILES string of the molecule is Cc1cc2cccc(C(=O)O)c2n1CCCO. The molecule has 0 fully saturated rings. The van der Waals surface area contributed by atoms with E-state index in [2.05, 4.69) is 0 Å². The number of rotatable bonds is 4. The lowest BCUT2D eigenvalue weighted by atomic mass is 10.1. The molecule has 0 radical (unpaired) electrons. The smallest absolute Gasteiger partial charge is 0.337 e. The molecule has 0 unspecified atom stereocenters. The highest BCUT2D eigenvalue weighted by atomic mass is 16.4. The van der Waals surface area contributed by atoms with Gasteiger partial charge >= 0.3 is 5.97 Å². The first-order valence-corrected chi connectivity index (χ1v) is 5.58. The van der Waals surface area contributed by atoms with Crippen molar-refractivity contribution in [2.45, 2.75) is 19.9 Å². The molecule has 4 heteroatoms. The molecule has 1 aromatic carbocycles. The minimum absolute atomic E-state index is 0.106. The third-order valence-electron chi connectivity index (χ3n) is 2.90. The quantitative estimate of drug-likeness (QED) is 0.849. The third kappa shape index (κ3) is 2.03. The van der Waals surface area contributed by atoms with Gasteiger partial charge in [-0.05, 0) is 25.5 Å². The summed E-state index contributed by atoms with van der Waals surface area (Å²) in [6, 6.07) is 7.24. The van der Waals surface area contributed by atoms with Crippen LogP contribution in [0, 0.1) is 6.92 Å². The fourth-order valence-corrected chi connectivity index (χ4v) is 2.15. The molecule has 2 rings (SSSR count). The molecule has 0 saturated heterocycles. The van der Waals surface area contributed by atoms with Gasteiger partial charge in [0.25, 0.3) is 0 Å². The molecule has 1 aromatic heterocycles. The van der Waals surface area contributed by atoms with Gasteiger partial charge in [-0.2, -0.15) is 0 Å². The number of hydrogen-bond acceptors (Lipinski definition) is 2. The average molecular weight is 233 g/mol. The molecule has 4 nitrogen and oxygen atoms in total. The Labute approximate surface area is 99.1 Å². The van der Waals surface area contributed by atoms with Crippen LogP contribution in [0.3, 0.4) is 0 Å². The number of carbonyl (C=O) groups is 1. The zero-order valence-electron chi connectivity index (χ0n) is 9.68. The maximum absolute atomic E-state index is 11.2. The molecule has 17 heavy (non-hydrogen) atoms. The van der Waals surface area contributed by atoms with E-state index in [1.54, 1.807) is 12.1 Å². The minimum Gasteiger partial charge on any atom is -0.478 e. The van der Waals surface area contributed by atoms with Gasteiger partial charge in [0, 0.05) is 24.2 Å². The first kappa shape index (κ1) is 11.7. The van der Waals surface area contributed by atoms with Crippen LogP contribution >= 0.6 is 0 Å². The number of carboxylic acids is 1. The molecule has 2 aromatic rings. The fraction of sp³-hybridized carbons (Fsp3) is 0.308. The number of benzene rings is 1. The van der Waals surface area contributed by atoms with Crippen LogP contribution in [-0.2, 0) is 6.54 Å². The predicted octanol–water partition coefficient (Wildman–Crippen LogP) is 2.03. The van der Waals surface area contributed by atoms with Crippen molar-refractivity contribution in [1.82, 2.24) is 4.57 Å². The normalized spacial score (nSPS) is 10.9. The maximum Gasteiger partial charge on any atom is 0.337 e. The van der Waals surface area contributed by atoms with Crippen molar-refractivity contribution in [3.8, 4) is 0 Å². The Bertz CT molecular complexity index is 557. The van der Waals surface area contributed by atoms with Crippen LogP contribution in [0.25, 0.3) is 10.9 Å². The molecular formula is C13H15NO3. The summed E-state index contributed by atoms with van der Waals surface area (Å²) in [5.41, 5.74) is 2.07. The zero-order valence-corrected chi connectivity index (χ0v) is 9.68. The summed E-state index contributed by atoms with van der Waals surface area (Å²) < 4.78 is 1.95. The van der Waals surface area contributed by atoms with Gasteiger partial charge in [-0.15, -0.1) is 0 Å². The van der Waals surface area contributed by atoms with E-state index in [9.17, 15) is 9.90 Å². The van der Waals surface area contributed by atoms with E-state index in [4.69, 9.17) is 5.11 Å². The zero-order chi connectivity index (χ0) is 12.4. The summed E-state index contributed by atoms with van der Waals surface area (Å²) in [6.07, 6.45) is 0.624. The highest BCUT2D eigenvalue weighted by Crippen LogP contribution is 2.23. The number of aromatic carboxylic acids is 1. The molecular weight excluding hydrogens is 218 g/mol. The first-order valence-electron chi connectivity index (χ1n) is 5.58. The number of hydrogen-bond donors (Lipinski definition) is 2. The number of carboxylic acid groups (broad SMARTS) is 1. The lowest BCUT2D eigenvalue weighted by Gasteiger charge is -2.08. The lowest BCUT2D eigenvalue weighted by Crippen LogP contribution is -2.06. The molecule has 1 heterocycles. The summed E-state index contributed by atoms with van der Waals surface area (Å²) in [4.78, 5) is 11.2. The van der Waals surface area contributed by atoms with E-state index in [1.165, 1.54) is 0 Å². The van der Waals surface area contributed by atoms with Gasteiger partial charge in [0.1, 0.15) is 0 Å². The second kappa shape index (κ2) is 4.59. The van der Waals surface area contributed by atoms with Crippen molar-refractivity contribution in [3.63, 3.8) is 0 Å². The summed E-state index contributed by atoms with van der Waals surface area (Å²) in [5.74, 6) is -0.918. The van der Waals surface area contributed by atoms with Gasteiger partial charge < -0.3 is 14.8 Å². The van der Waals surface area contributed by atoms with Crippen molar-refractivity contribution >= 4 is 16.9 Å². The number of para-hydroxylation sites is 1. The molecule has 0 bridgehead atoms. The van der Waals surface area contributed by atoms with Crippen molar-refractivity contribution in [2.24, 2.45) is 0 Å². The molecule has 0 aliphatic rings. The number of aryl methyl sites for hydroxylation is 2. The Morgan fingerprint density at radius 1 is 1.41 bits per heavy atom. The summed E-state index contributed by atoms with van der Waals surface area (Å²) in [6.45, 7) is 2.69. The summed E-state index contributed by atoms with van der Waals surface area (Å²) in [5, 5.41) is 19.0. The van der Waals surface area contributed by atoms with E-state index in [-0.39, 0.29) is 6.61 Å². The first-order chi connectivity index (χ1) is 8.15. The number of aliphatic hydroxyl groups excluding tert-OH is 1. The standard InChI is InChI=1S/C13H15NO3/c1-9-8-10-4-2-5-11(13(16)17)12(10)14(9)6-3-7-15/h2,4-5,8,15H,3,6-7H2,1H3,(H,16,17). The number of aromatic nitrogens is 1. The van der Waals surface area contributed by atoms with E-state index >= 15 is 0 Å². The largest absolute Gasteiger partial charge is 0.478 e. The highest BCUT2D eigenvalue weighted by molar-refractivity contribution is 6.02. The Balaban J connectivity index is 2.64. The van der Waals surface area contributed by atoms with E-state index in [0.717, 1.165) is 16.6 Å². The Hall–Kier alpha value is -1.81. The maximum atomic E-state index is 11.2. The fourth-order valence-electron chi connectivity index (χ4n) is 2.15. The summed E-state index contributed by atoms with van der Waals surface area (Å²) >= 11 is 0.